The zero-order valence-electron chi connectivity index (χ0n) is 39.9. The van der Waals surface area contributed by atoms with Crippen LogP contribution in [0.5, 0.6) is 0 Å². The van der Waals surface area contributed by atoms with E-state index in [4.69, 9.17) is 14.2 Å². The van der Waals surface area contributed by atoms with E-state index in [9.17, 15) is 14.4 Å². The molecule has 0 fully saturated rings. The molecule has 0 aromatic rings. The first-order valence-corrected chi connectivity index (χ1v) is 25.5. The lowest BCUT2D eigenvalue weighted by atomic mass is 10.1. The zero-order chi connectivity index (χ0) is 44.4. The van der Waals surface area contributed by atoms with Crippen molar-refractivity contribution in [3.05, 3.63) is 72.9 Å². The summed E-state index contributed by atoms with van der Waals surface area (Å²) in [5.41, 5.74) is 0. The van der Waals surface area contributed by atoms with E-state index in [1.807, 2.05) is 0 Å². The third-order valence-electron chi connectivity index (χ3n) is 10.7. The fourth-order valence-corrected chi connectivity index (χ4v) is 6.78. The summed E-state index contributed by atoms with van der Waals surface area (Å²) in [4.78, 5) is 37.9. The van der Waals surface area contributed by atoms with Crippen molar-refractivity contribution in [2.75, 3.05) is 13.2 Å². The Morgan fingerprint density at radius 3 is 1.18 bits per heavy atom. The maximum absolute atomic E-state index is 12.8. The van der Waals surface area contributed by atoms with Crippen LogP contribution >= 0.6 is 0 Å². The van der Waals surface area contributed by atoms with E-state index in [-0.39, 0.29) is 37.5 Å². The quantitative estimate of drug-likeness (QED) is 0.0200. The number of carbonyl (C=O) groups is 3. The molecule has 1 atom stereocenters. The number of esters is 3. The summed E-state index contributed by atoms with van der Waals surface area (Å²) in [5, 5.41) is 0. The van der Waals surface area contributed by atoms with Crippen molar-refractivity contribution in [1.82, 2.24) is 0 Å². The highest BCUT2D eigenvalue weighted by Crippen LogP contribution is 2.13. The van der Waals surface area contributed by atoms with Gasteiger partial charge < -0.3 is 14.2 Å². The molecule has 0 N–H and O–H groups in total. The number of rotatable bonds is 45. The minimum Gasteiger partial charge on any atom is -0.462 e. The number of unbranched alkanes of at least 4 members (excludes halogenated alkanes) is 23. The number of ether oxygens (including phenoxy) is 3. The first-order valence-electron chi connectivity index (χ1n) is 25.5. The number of hydrogen-bond acceptors (Lipinski definition) is 6. The zero-order valence-corrected chi connectivity index (χ0v) is 39.9. The molecule has 6 heteroatoms. The van der Waals surface area contributed by atoms with Crippen LogP contribution in [0.25, 0.3) is 0 Å². The van der Waals surface area contributed by atoms with Gasteiger partial charge in [0.05, 0.1) is 0 Å². The lowest BCUT2D eigenvalue weighted by molar-refractivity contribution is -0.167. The Bertz CT molecular complexity index is 1160. The molecule has 0 aliphatic heterocycles. The summed E-state index contributed by atoms with van der Waals surface area (Å²) < 4.78 is 16.7. The van der Waals surface area contributed by atoms with Crippen molar-refractivity contribution < 1.29 is 28.6 Å². The standard InChI is InChI=1S/C55H94O6/c1-4-7-10-13-16-19-22-24-26-27-29-30-33-36-39-42-45-48-54(57)60-51-52(50-59-53(56)47-44-41-38-35-32-21-18-15-12-9-6-3)61-55(58)49-46-43-40-37-34-31-28-25-23-20-17-14-11-8-5-2/h15,17-18,20,23-26,29-30,36,39,52H,4-14,16,19,21-22,27-28,31-35,37-38,40-51H2,1-3H3/b18-15-,20-17-,25-23-,26-24-,30-29-,39-36-. The monoisotopic (exact) mass is 851 g/mol. The molecule has 0 aromatic carbocycles. The molecule has 0 radical (unpaired) electrons. The van der Waals surface area contributed by atoms with Gasteiger partial charge in [0.2, 0.25) is 0 Å². The second-order valence-corrected chi connectivity index (χ2v) is 16.7. The van der Waals surface area contributed by atoms with Crippen LogP contribution in [-0.2, 0) is 28.6 Å². The third-order valence-corrected chi connectivity index (χ3v) is 10.7. The van der Waals surface area contributed by atoms with Gasteiger partial charge in [-0.25, -0.2) is 0 Å². The van der Waals surface area contributed by atoms with E-state index in [0.717, 1.165) is 83.5 Å². The van der Waals surface area contributed by atoms with Crippen LogP contribution in [0, 0.1) is 0 Å². The highest BCUT2D eigenvalue weighted by Gasteiger charge is 2.19. The Hall–Kier alpha value is -3.15. The Labute approximate surface area is 376 Å². The summed E-state index contributed by atoms with van der Waals surface area (Å²) in [6, 6.07) is 0. The normalized spacial score (nSPS) is 12.6. The summed E-state index contributed by atoms with van der Waals surface area (Å²) in [5.74, 6) is -0.977. The molecule has 350 valence electrons. The van der Waals surface area contributed by atoms with E-state index < -0.39 is 6.10 Å². The smallest absolute Gasteiger partial charge is 0.306 e. The van der Waals surface area contributed by atoms with Gasteiger partial charge in [-0.1, -0.05) is 196 Å². The molecule has 0 saturated heterocycles. The molecule has 0 aliphatic rings. The molecule has 1 unspecified atom stereocenters. The van der Waals surface area contributed by atoms with Crippen LogP contribution < -0.4 is 0 Å². The van der Waals surface area contributed by atoms with Crippen molar-refractivity contribution in [3.8, 4) is 0 Å². The van der Waals surface area contributed by atoms with Crippen LogP contribution in [0.2, 0.25) is 0 Å². The third kappa shape index (κ3) is 47.7. The van der Waals surface area contributed by atoms with Gasteiger partial charge in [-0.2, -0.15) is 0 Å². The lowest BCUT2D eigenvalue weighted by Gasteiger charge is -2.18. The van der Waals surface area contributed by atoms with E-state index in [1.54, 1.807) is 0 Å². The van der Waals surface area contributed by atoms with Crippen molar-refractivity contribution in [3.63, 3.8) is 0 Å². The molecule has 0 spiro atoms. The summed E-state index contributed by atoms with van der Waals surface area (Å²) in [6.07, 6.45) is 61.7. The average Bonchev–Trinajstić information content (AvgIpc) is 3.26. The largest absolute Gasteiger partial charge is 0.462 e. The van der Waals surface area contributed by atoms with Gasteiger partial charge in [0.15, 0.2) is 6.10 Å². The van der Waals surface area contributed by atoms with Crippen LogP contribution in [0.4, 0.5) is 0 Å². The maximum Gasteiger partial charge on any atom is 0.306 e. The van der Waals surface area contributed by atoms with Gasteiger partial charge in [-0.05, 0) is 96.3 Å². The highest BCUT2D eigenvalue weighted by molar-refractivity contribution is 5.71. The predicted octanol–water partition coefficient (Wildman–Crippen LogP) is 16.6. The Morgan fingerprint density at radius 2 is 0.672 bits per heavy atom. The average molecular weight is 851 g/mol. The summed E-state index contributed by atoms with van der Waals surface area (Å²) >= 11 is 0. The van der Waals surface area contributed by atoms with Crippen LogP contribution in [-0.4, -0.2) is 37.2 Å². The van der Waals surface area contributed by atoms with Gasteiger partial charge in [0.1, 0.15) is 13.2 Å². The fraction of sp³-hybridized carbons (Fsp3) is 0.727. The summed E-state index contributed by atoms with van der Waals surface area (Å²) in [7, 11) is 0. The van der Waals surface area contributed by atoms with E-state index >= 15 is 0 Å². The first kappa shape index (κ1) is 57.9. The van der Waals surface area contributed by atoms with E-state index in [2.05, 4.69) is 93.7 Å². The lowest BCUT2D eigenvalue weighted by Crippen LogP contribution is -2.30. The molecule has 0 rings (SSSR count). The number of carbonyl (C=O) groups excluding carboxylic acids is 3. The first-order chi connectivity index (χ1) is 30.0. The molecule has 61 heavy (non-hydrogen) atoms. The molecule has 0 bridgehead atoms. The molecular weight excluding hydrogens is 757 g/mol. The van der Waals surface area contributed by atoms with Gasteiger partial charge in [0.25, 0.3) is 0 Å². The van der Waals surface area contributed by atoms with Crippen molar-refractivity contribution in [2.45, 2.75) is 245 Å². The Balaban J connectivity index is 4.48. The van der Waals surface area contributed by atoms with Crippen molar-refractivity contribution >= 4 is 17.9 Å². The van der Waals surface area contributed by atoms with Crippen LogP contribution in [0.1, 0.15) is 239 Å². The maximum atomic E-state index is 12.8. The Morgan fingerprint density at radius 1 is 0.344 bits per heavy atom. The number of allylic oxidation sites excluding steroid dienone is 12. The van der Waals surface area contributed by atoms with Crippen LogP contribution in [0.3, 0.4) is 0 Å². The second kappa shape index (κ2) is 49.5. The van der Waals surface area contributed by atoms with Crippen molar-refractivity contribution in [2.24, 2.45) is 0 Å². The molecular formula is C55H94O6. The second-order valence-electron chi connectivity index (χ2n) is 16.7. The van der Waals surface area contributed by atoms with Gasteiger partial charge >= 0.3 is 17.9 Å². The van der Waals surface area contributed by atoms with E-state index in [0.29, 0.717) is 19.3 Å². The van der Waals surface area contributed by atoms with Gasteiger partial charge in [0, 0.05) is 19.3 Å². The molecule has 0 amide bonds. The van der Waals surface area contributed by atoms with Gasteiger partial charge in [-0.15, -0.1) is 0 Å². The van der Waals surface area contributed by atoms with Gasteiger partial charge in [-0.3, -0.25) is 14.4 Å². The summed E-state index contributed by atoms with van der Waals surface area (Å²) in [6.45, 7) is 6.50. The van der Waals surface area contributed by atoms with E-state index in [1.165, 1.54) is 109 Å². The van der Waals surface area contributed by atoms with Crippen molar-refractivity contribution in [1.29, 1.82) is 0 Å². The SMILES string of the molecule is CCCC/C=C\CCCCCCCC(=O)OCC(COC(=O)CCC/C=C\C/C=C\C/C=C\CCCCCCCC)OC(=O)CCCCCCCC/C=C\C=C/CCCCC. The minimum atomic E-state index is -0.804. The number of hydrogen-bond donors (Lipinski definition) is 0. The molecule has 0 saturated carbocycles. The topological polar surface area (TPSA) is 78.9 Å². The van der Waals surface area contributed by atoms with Crippen LogP contribution in [0.15, 0.2) is 72.9 Å². The minimum absolute atomic E-state index is 0.101. The Kier molecular flexibility index (Phi) is 46.9. The molecule has 0 heterocycles. The molecule has 0 aliphatic carbocycles. The highest BCUT2D eigenvalue weighted by atomic mass is 16.6. The molecule has 0 aromatic heterocycles. The fourth-order valence-electron chi connectivity index (χ4n) is 6.78. The predicted molar refractivity (Wildman–Crippen MR) is 261 cm³/mol. The molecule has 6 nitrogen and oxygen atoms in total.